The van der Waals surface area contributed by atoms with Gasteiger partial charge in [-0.05, 0) is 49.8 Å². The second kappa shape index (κ2) is 7.65. The molecule has 6 nitrogen and oxygen atoms in total. The number of carbonyl (C=O) groups is 1. The normalized spacial score (nSPS) is 23.9. The largest absolute Gasteiger partial charge is 0.508 e. The van der Waals surface area contributed by atoms with Gasteiger partial charge in [0.15, 0.2) is 0 Å². The van der Waals surface area contributed by atoms with Crippen LogP contribution >= 0.6 is 0 Å². The molecule has 1 aromatic carbocycles. The van der Waals surface area contributed by atoms with Gasteiger partial charge in [-0.3, -0.25) is 0 Å². The number of hydrogen-bond donors (Lipinski definition) is 3. The number of aliphatic hydroxyl groups excluding tert-OH is 2. The highest BCUT2D eigenvalue weighted by Gasteiger charge is 2.47. The van der Waals surface area contributed by atoms with Crippen LogP contribution in [0, 0.1) is 5.92 Å². The predicted octanol–water partition coefficient (Wildman–Crippen LogP) is 3.18. The SMILES string of the molecule is CC(C)(C)c1cc(O)c2c(c1)OC(C)(C)[C@@H]1CC=C(C(=O)OCC(O)CO)CC21. The Hall–Kier alpha value is -2.05. The molecule has 2 unspecified atom stereocenters. The average Bonchev–Trinajstić information content (AvgIpc) is 2.63. The molecule has 3 rings (SSSR count). The summed E-state index contributed by atoms with van der Waals surface area (Å²) < 4.78 is 11.5. The van der Waals surface area contributed by atoms with E-state index in [4.69, 9.17) is 14.6 Å². The molecule has 1 aliphatic heterocycles. The second-order valence-corrected chi connectivity index (χ2v) is 9.68. The fourth-order valence-electron chi connectivity index (χ4n) is 4.31. The minimum atomic E-state index is -1.08. The van der Waals surface area contributed by atoms with Gasteiger partial charge in [-0.15, -0.1) is 0 Å². The number of ether oxygens (including phenoxy) is 2. The van der Waals surface area contributed by atoms with Crippen LogP contribution in [0.4, 0.5) is 0 Å². The van der Waals surface area contributed by atoms with E-state index in [0.29, 0.717) is 24.2 Å². The van der Waals surface area contributed by atoms with Crippen LogP contribution in [0.25, 0.3) is 0 Å². The molecular formula is C23H32O6. The Labute approximate surface area is 172 Å². The van der Waals surface area contributed by atoms with Crippen LogP contribution in [0.1, 0.15) is 64.5 Å². The summed E-state index contributed by atoms with van der Waals surface area (Å²) in [6, 6.07) is 3.80. The van der Waals surface area contributed by atoms with E-state index in [1.807, 2.05) is 26.0 Å². The zero-order valence-corrected chi connectivity index (χ0v) is 17.9. The fraction of sp³-hybridized carbons (Fsp3) is 0.609. The van der Waals surface area contributed by atoms with Crippen LogP contribution < -0.4 is 4.74 Å². The summed E-state index contributed by atoms with van der Waals surface area (Å²) in [6.07, 6.45) is 1.84. The Morgan fingerprint density at radius 3 is 2.66 bits per heavy atom. The number of phenolic OH excluding ortho intramolecular Hbond substituents is 1. The second-order valence-electron chi connectivity index (χ2n) is 9.68. The number of allylic oxidation sites excluding steroid dienone is 1. The highest BCUT2D eigenvalue weighted by Crippen LogP contribution is 2.54. The Morgan fingerprint density at radius 1 is 1.34 bits per heavy atom. The van der Waals surface area contributed by atoms with Gasteiger partial charge in [0.1, 0.15) is 29.8 Å². The Kier molecular flexibility index (Phi) is 5.71. The summed E-state index contributed by atoms with van der Waals surface area (Å²) in [6.45, 7) is 9.65. The van der Waals surface area contributed by atoms with E-state index in [1.165, 1.54) is 0 Å². The fourth-order valence-corrected chi connectivity index (χ4v) is 4.31. The van der Waals surface area contributed by atoms with Crippen LogP contribution in [-0.2, 0) is 14.9 Å². The van der Waals surface area contributed by atoms with E-state index in [0.717, 1.165) is 11.1 Å². The third kappa shape index (κ3) is 4.28. The summed E-state index contributed by atoms with van der Waals surface area (Å²) in [5.74, 6) is 0.418. The minimum Gasteiger partial charge on any atom is -0.508 e. The maximum absolute atomic E-state index is 12.5. The number of fused-ring (bicyclic) bond motifs is 3. The lowest BCUT2D eigenvalue weighted by molar-refractivity contribution is -0.143. The van der Waals surface area contributed by atoms with Gasteiger partial charge in [-0.25, -0.2) is 4.79 Å². The average molecular weight is 405 g/mol. The zero-order chi connectivity index (χ0) is 21.6. The molecule has 0 bridgehead atoms. The molecule has 29 heavy (non-hydrogen) atoms. The van der Waals surface area contributed by atoms with Crippen molar-refractivity contribution >= 4 is 5.97 Å². The number of aromatic hydroxyl groups is 1. The summed E-state index contributed by atoms with van der Waals surface area (Å²) in [5.41, 5.74) is 1.69. The first-order valence-electron chi connectivity index (χ1n) is 10.2. The number of carbonyl (C=O) groups excluding carboxylic acids is 1. The van der Waals surface area contributed by atoms with Crippen LogP contribution in [-0.4, -0.2) is 46.2 Å². The lowest BCUT2D eigenvalue weighted by Crippen LogP contribution is -2.46. The number of esters is 1. The van der Waals surface area contributed by atoms with Crippen molar-refractivity contribution in [1.82, 2.24) is 0 Å². The van der Waals surface area contributed by atoms with E-state index >= 15 is 0 Å². The minimum absolute atomic E-state index is 0.0712. The van der Waals surface area contributed by atoms with Crippen molar-refractivity contribution in [2.24, 2.45) is 5.92 Å². The van der Waals surface area contributed by atoms with Crippen LogP contribution in [0.5, 0.6) is 11.5 Å². The van der Waals surface area contributed by atoms with Crippen LogP contribution in [0.15, 0.2) is 23.8 Å². The Morgan fingerprint density at radius 2 is 2.03 bits per heavy atom. The van der Waals surface area contributed by atoms with Gasteiger partial charge >= 0.3 is 5.97 Å². The van der Waals surface area contributed by atoms with Crippen molar-refractivity contribution in [3.63, 3.8) is 0 Å². The Balaban J connectivity index is 1.93. The quantitative estimate of drug-likeness (QED) is 0.667. The standard InChI is InChI=1S/C23H32O6/c1-22(2,3)14-9-18(26)20-16-8-13(21(27)28-12-15(25)11-24)6-7-17(16)23(4,5)29-19(20)10-14/h6,9-10,15-17,24-26H,7-8,11-12H2,1-5H3/t15?,16?,17-/m1/s1. The first kappa shape index (κ1) is 21.7. The van der Waals surface area contributed by atoms with Crippen molar-refractivity contribution < 1.29 is 29.6 Å². The van der Waals surface area contributed by atoms with E-state index in [2.05, 4.69) is 20.8 Å². The molecule has 0 saturated carbocycles. The van der Waals surface area contributed by atoms with E-state index < -0.39 is 24.3 Å². The number of aliphatic hydroxyl groups is 2. The lowest BCUT2D eigenvalue weighted by atomic mass is 9.66. The van der Waals surface area contributed by atoms with Gasteiger partial charge < -0.3 is 24.8 Å². The smallest absolute Gasteiger partial charge is 0.333 e. The maximum atomic E-state index is 12.5. The highest BCUT2D eigenvalue weighted by molar-refractivity contribution is 5.89. The maximum Gasteiger partial charge on any atom is 0.333 e. The number of rotatable bonds is 4. The molecule has 2 aliphatic rings. The molecule has 3 atom stereocenters. The molecule has 0 spiro atoms. The molecule has 6 heteroatoms. The zero-order valence-electron chi connectivity index (χ0n) is 17.9. The molecular weight excluding hydrogens is 372 g/mol. The van der Waals surface area contributed by atoms with Gasteiger partial charge in [0, 0.05) is 23.0 Å². The van der Waals surface area contributed by atoms with E-state index in [-0.39, 0.29) is 29.6 Å². The predicted molar refractivity (Wildman–Crippen MR) is 109 cm³/mol. The van der Waals surface area contributed by atoms with Gasteiger partial charge in [-0.2, -0.15) is 0 Å². The first-order valence-corrected chi connectivity index (χ1v) is 10.2. The topological polar surface area (TPSA) is 96.2 Å². The van der Waals surface area contributed by atoms with Crippen molar-refractivity contribution in [3.05, 3.63) is 34.9 Å². The molecule has 0 amide bonds. The van der Waals surface area contributed by atoms with E-state index in [1.54, 1.807) is 6.07 Å². The molecule has 0 radical (unpaired) electrons. The summed E-state index contributed by atoms with van der Waals surface area (Å²) in [7, 11) is 0. The number of phenols is 1. The third-order valence-corrected chi connectivity index (χ3v) is 6.05. The summed E-state index contributed by atoms with van der Waals surface area (Å²) in [5, 5.41) is 29.2. The summed E-state index contributed by atoms with van der Waals surface area (Å²) >= 11 is 0. The van der Waals surface area contributed by atoms with Crippen molar-refractivity contribution in [1.29, 1.82) is 0 Å². The molecule has 0 saturated heterocycles. The van der Waals surface area contributed by atoms with Crippen molar-refractivity contribution in [2.75, 3.05) is 13.2 Å². The lowest BCUT2D eigenvalue weighted by Gasteiger charge is -2.47. The van der Waals surface area contributed by atoms with Gasteiger partial charge in [0.25, 0.3) is 0 Å². The summed E-state index contributed by atoms with van der Waals surface area (Å²) in [4.78, 5) is 12.5. The molecule has 160 valence electrons. The molecule has 3 N–H and O–H groups in total. The van der Waals surface area contributed by atoms with Crippen LogP contribution in [0.2, 0.25) is 0 Å². The van der Waals surface area contributed by atoms with Crippen molar-refractivity contribution in [2.45, 2.75) is 70.5 Å². The molecule has 0 aromatic heterocycles. The monoisotopic (exact) mass is 404 g/mol. The highest BCUT2D eigenvalue weighted by atomic mass is 16.5. The first-order chi connectivity index (χ1) is 13.4. The van der Waals surface area contributed by atoms with Gasteiger partial charge in [-0.1, -0.05) is 26.8 Å². The molecule has 1 aromatic rings. The molecule has 1 heterocycles. The molecule has 0 fully saturated rings. The van der Waals surface area contributed by atoms with Crippen molar-refractivity contribution in [3.8, 4) is 11.5 Å². The molecule has 1 aliphatic carbocycles. The number of benzene rings is 1. The Bertz CT molecular complexity index is 817. The third-order valence-electron chi connectivity index (χ3n) is 6.05. The van der Waals surface area contributed by atoms with Gasteiger partial charge in [0.05, 0.1) is 6.61 Å². The number of hydrogen-bond acceptors (Lipinski definition) is 6. The van der Waals surface area contributed by atoms with Gasteiger partial charge in [0.2, 0.25) is 0 Å². The van der Waals surface area contributed by atoms with Crippen LogP contribution in [0.3, 0.4) is 0 Å². The van der Waals surface area contributed by atoms with E-state index in [9.17, 15) is 15.0 Å².